The molecule has 1 heterocycles. The van der Waals surface area contributed by atoms with Crippen molar-refractivity contribution in [1.29, 1.82) is 0 Å². The quantitative estimate of drug-likeness (QED) is 0.293. The molecule has 1 saturated heterocycles. The molecule has 1 aliphatic carbocycles. The van der Waals surface area contributed by atoms with Crippen LogP contribution in [0.2, 0.25) is 0 Å². The van der Waals surface area contributed by atoms with Crippen LogP contribution in [0.1, 0.15) is 75.8 Å². The van der Waals surface area contributed by atoms with Crippen LogP contribution in [0.4, 0.5) is 0 Å². The average molecular weight is 561 g/mol. The van der Waals surface area contributed by atoms with Crippen LogP contribution < -0.4 is 10.6 Å². The Balaban J connectivity index is 1.41. The van der Waals surface area contributed by atoms with Crippen molar-refractivity contribution in [2.45, 2.75) is 95.7 Å². The number of unbranched alkanes of at least 4 members (excludes halogenated alkanes) is 1. The molecule has 2 amide bonds. The first-order valence-corrected chi connectivity index (χ1v) is 16.1. The van der Waals surface area contributed by atoms with E-state index >= 15 is 0 Å². The second-order valence-corrected chi connectivity index (χ2v) is 12.2. The molecule has 0 bridgehead atoms. The zero-order chi connectivity index (χ0) is 28.9. The highest BCUT2D eigenvalue weighted by Gasteiger charge is 2.39. The molecular weight excluding hydrogens is 508 g/mol. The number of hydrogen-bond donors (Lipinski definition) is 2. The molecule has 0 aromatic heterocycles. The maximum Gasteiger partial charge on any atom is 0.245 e. The minimum absolute atomic E-state index is 0.0740. The van der Waals surface area contributed by atoms with Crippen molar-refractivity contribution in [2.24, 2.45) is 5.92 Å². The zero-order valence-corrected chi connectivity index (χ0v) is 25.4. The van der Waals surface area contributed by atoms with Crippen LogP contribution in [0, 0.1) is 5.92 Å². The maximum absolute atomic E-state index is 14.2. The van der Waals surface area contributed by atoms with E-state index in [9.17, 15) is 9.59 Å². The van der Waals surface area contributed by atoms with Crippen molar-refractivity contribution in [3.05, 3.63) is 71.8 Å². The first kappa shape index (κ1) is 31.2. The van der Waals surface area contributed by atoms with Gasteiger partial charge in [-0.1, -0.05) is 79.9 Å². The molecule has 3 atom stereocenters. The minimum atomic E-state index is -0.414. The van der Waals surface area contributed by atoms with E-state index in [-0.39, 0.29) is 29.8 Å². The van der Waals surface area contributed by atoms with E-state index in [1.807, 2.05) is 6.92 Å². The molecule has 41 heavy (non-hydrogen) atoms. The van der Waals surface area contributed by atoms with Gasteiger partial charge in [-0.05, 0) is 88.9 Å². The maximum atomic E-state index is 14.2. The van der Waals surface area contributed by atoms with Gasteiger partial charge in [-0.25, -0.2) is 0 Å². The molecule has 2 aliphatic rings. The van der Waals surface area contributed by atoms with Crippen LogP contribution in [0.5, 0.6) is 0 Å². The first-order valence-electron chi connectivity index (χ1n) is 16.1. The van der Waals surface area contributed by atoms with E-state index in [1.165, 1.54) is 24.0 Å². The Morgan fingerprint density at radius 2 is 1.51 bits per heavy atom. The standard InChI is InChI=1S/C35H52N4O2/c1-28(36-2)34(40)37-33(31-20-10-5-11-21-31)35(41)39-25-14-22-32(39)27-38(26-23-30-17-8-4-9-18-30)24-13-12-19-29-15-6-3-7-16-29/h3-4,6-9,15-18,28,31-33,36H,5,10-14,19-27H2,1-2H3,(H,37,40)/t28-,32?,33-/m0/s1. The van der Waals surface area contributed by atoms with Crippen molar-refractivity contribution in [3.63, 3.8) is 0 Å². The van der Waals surface area contributed by atoms with Crippen LogP contribution >= 0.6 is 0 Å². The third kappa shape index (κ3) is 9.68. The normalized spacial score (nSPS) is 19.3. The van der Waals surface area contributed by atoms with Crippen molar-refractivity contribution >= 4 is 11.8 Å². The second kappa shape index (κ2) is 16.7. The van der Waals surface area contributed by atoms with Gasteiger partial charge in [0.2, 0.25) is 11.8 Å². The van der Waals surface area contributed by atoms with Crippen molar-refractivity contribution in [3.8, 4) is 0 Å². The number of carbonyl (C=O) groups excluding carboxylic acids is 2. The molecule has 0 spiro atoms. The van der Waals surface area contributed by atoms with E-state index in [0.29, 0.717) is 0 Å². The van der Waals surface area contributed by atoms with Gasteiger partial charge in [0.05, 0.1) is 6.04 Å². The first-order chi connectivity index (χ1) is 20.0. The van der Waals surface area contributed by atoms with Gasteiger partial charge in [0.1, 0.15) is 6.04 Å². The highest BCUT2D eigenvalue weighted by molar-refractivity contribution is 5.90. The summed E-state index contributed by atoms with van der Waals surface area (Å²) in [4.78, 5) is 31.8. The largest absolute Gasteiger partial charge is 0.343 e. The van der Waals surface area contributed by atoms with E-state index in [1.54, 1.807) is 7.05 Å². The van der Waals surface area contributed by atoms with Crippen molar-refractivity contribution in [1.82, 2.24) is 20.4 Å². The van der Waals surface area contributed by atoms with Crippen LogP contribution in [-0.2, 0) is 22.4 Å². The number of likely N-dealkylation sites (tertiary alicyclic amines) is 1. The molecule has 2 N–H and O–H groups in total. The summed E-state index contributed by atoms with van der Waals surface area (Å²) in [5.74, 6) is 0.302. The van der Waals surface area contributed by atoms with Gasteiger partial charge in [0, 0.05) is 25.7 Å². The molecule has 1 saturated carbocycles. The third-order valence-corrected chi connectivity index (χ3v) is 9.23. The Kier molecular flexibility index (Phi) is 12.7. The fourth-order valence-electron chi connectivity index (χ4n) is 6.59. The summed E-state index contributed by atoms with van der Waals surface area (Å²) in [7, 11) is 1.79. The van der Waals surface area contributed by atoms with E-state index < -0.39 is 6.04 Å². The van der Waals surface area contributed by atoms with E-state index in [4.69, 9.17) is 0 Å². The summed E-state index contributed by atoms with van der Waals surface area (Å²) in [5, 5.41) is 6.22. The molecule has 1 aliphatic heterocycles. The number of nitrogens with zero attached hydrogens (tertiary/aromatic N) is 2. The molecule has 4 rings (SSSR count). The second-order valence-electron chi connectivity index (χ2n) is 12.2. The molecule has 6 heteroatoms. The Morgan fingerprint density at radius 3 is 2.17 bits per heavy atom. The molecule has 224 valence electrons. The van der Waals surface area contributed by atoms with Crippen LogP contribution in [0.3, 0.4) is 0 Å². The number of rotatable bonds is 15. The SMILES string of the molecule is CN[C@@H](C)C(=O)N[C@H](C(=O)N1CCCC1CN(CCCCc1ccccc1)CCc1ccccc1)C1CCCCC1. The van der Waals surface area contributed by atoms with Gasteiger partial charge in [0.15, 0.2) is 0 Å². The van der Waals surface area contributed by atoms with E-state index in [2.05, 4.69) is 81.1 Å². The van der Waals surface area contributed by atoms with Crippen LogP contribution in [0.15, 0.2) is 60.7 Å². The number of nitrogens with one attached hydrogen (secondary N) is 2. The predicted molar refractivity (Wildman–Crippen MR) is 168 cm³/mol. The smallest absolute Gasteiger partial charge is 0.245 e. The lowest BCUT2D eigenvalue weighted by Gasteiger charge is -2.37. The Bertz CT molecular complexity index is 1040. The van der Waals surface area contributed by atoms with Crippen molar-refractivity contribution < 1.29 is 9.59 Å². The van der Waals surface area contributed by atoms with Gasteiger partial charge in [-0.3, -0.25) is 9.59 Å². The molecule has 2 fully saturated rings. The number of likely N-dealkylation sites (N-methyl/N-ethyl adjacent to an activating group) is 1. The number of carbonyl (C=O) groups is 2. The third-order valence-electron chi connectivity index (χ3n) is 9.23. The number of amides is 2. The highest BCUT2D eigenvalue weighted by Crippen LogP contribution is 2.29. The van der Waals surface area contributed by atoms with E-state index in [0.717, 1.165) is 84.0 Å². The Morgan fingerprint density at radius 1 is 0.854 bits per heavy atom. The lowest BCUT2D eigenvalue weighted by Crippen LogP contribution is -2.57. The number of benzene rings is 2. The number of aryl methyl sites for hydroxylation is 1. The van der Waals surface area contributed by atoms with Gasteiger partial charge in [-0.2, -0.15) is 0 Å². The lowest BCUT2D eigenvalue weighted by atomic mass is 9.83. The average Bonchev–Trinajstić information content (AvgIpc) is 3.49. The molecule has 6 nitrogen and oxygen atoms in total. The number of hydrogen-bond acceptors (Lipinski definition) is 4. The lowest BCUT2D eigenvalue weighted by molar-refractivity contribution is -0.139. The topological polar surface area (TPSA) is 64.7 Å². The fraction of sp³-hybridized carbons (Fsp3) is 0.600. The van der Waals surface area contributed by atoms with Crippen molar-refractivity contribution in [2.75, 3.05) is 33.2 Å². The van der Waals surface area contributed by atoms with Gasteiger partial charge in [-0.15, -0.1) is 0 Å². The van der Waals surface area contributed by atoms with Gasteiger partial charge in [0.25, 0.3) is 0 Å². The summed E-state index contributed by atoms with van der Waals surface area (Å²) < 4.78 is 0. The Hall–Kier alpha value is -2.70. The summed E-state index contributed by atoms with van der Waals surface area (Å²) in [6.07, 6.45) is 12.1. The zero-order valence-electron chi connectivity index (χ0n) is 25.4. The fourth-order valence-corrected chi connectivity index (χ4v) is 6.59. The summed E-state index contributed by atoms with van der Waals surface area (Å²) >= 11 is 0. The molecule has 2 aromatic rings. The highest BCUT2D eigenvalue weighted by atomic mass is 16.2. The van der Waals surface area contributed by atoms with Crippen LogP contribution in [-0.4, -0.2) is 73.0 Å². The molecule has 2 aromatic carbocycles. The van der Waals surface area contributed by atoms with Gasteiger partial charge < -0.3 is 20.4 Å². The summed E-state index contributed by atoms with van der Waals surface area (Å²) in [5.41, 5.74) is 2.76. The van der Waals surface area contributed by atoms with Gasteiger partial charge >= 0.3 is 0 Å². The monoisotopic (exact) mass is 560 g/mol. The molecular formula is C35H52N4O2. The van der Waals surface area contributed by atoms with Crippen LogP contribution in [0.25, 0.3) is 0 Å². The molecule has 1 unspecified atom stereocenters. The predicted octanol–water partition coefficient (Wildman–Crippen LogP) is 5.22. The minimum Gasteiger partial charge on any atom is -0.343 e. The molecule has 0 radical (unpaired) electrons. The Labute approximate surface area is 248 Å². The summed E-state index contributed by atoms with van der Waals surface area (Å²) in [6.45, 7) is 5.60. The summed E-state index contributed by atoms with van der Waals surface area (Å²) in [6, 6.07) is 21.0.